The minimum Gasteiger partial charge on any atom is -0.494 e. The highest BCUT2D eigenvalue weighted by atomic mass is 35.5. The first kappa shape index (κ1) is 30.2. The molecule has 1 aliphatic heterocycles. The van der Waals surface area contributed by atoms with Crippen LogP contribution in [0.2, 0.25) is 5.02 Å². The first-order valence-electron chi connectivity index (χ1n) is 13.4. The lowest BCUT2D eigenvalue weighted by Crippen LogP contribution is -2.36. The van der Waals surface area contributed by atoms with E-state index in [0.29, 0.717) is 42.2 Å². The lowest BCUT2D eigenvalue weighted by Gasteiger charge is -2.29. The number of hydrogen-bond acceptors (Lipinski definition) is 6. The lowest BCUT2D eigenvalue weighted by atomic mass is 9.97. The maximum Gasteiger partial charge on any atom is 0.309 e. The molecule has 3 aromatic rings. The highest BCUT2D eigenvalue weighted by molar-refractivity contribution is 6.31. The van der Waals surface area contributed by atoms with Gasteiger partial charge in [0.05, 0.1) is 42.9 Å². The van der Waals surface area contributed by atoms with Gasteiger partial charge in [0.1, 0.15) is 5.75 Å². The fourth-order valence-corrected chi connectivity index (χ4v) is 4.65. The molecule has 42 heavy (non-hydrogen) atoms. The number of nitrogens with zero attached hydrogens (tertiary/aromatic N) is 2. The van der Waals surface area contributed by atoms with Crippen molar-refractivity contribution in [3.63, 3.8) is 0 Å². The number of anilines is 2. The van der Waals surface area contributed by atoms with Crippen LogP contribution in [-0.2, 0) is 9.53 Å². The van der Waals surface area contributed by atoms with Gasteiger partial charge in [0.2, 0.25) is 0 Å². The predicted molar refractivity (Wildman–Crippen MR) is 164 cm³/mol. The van der Waals surface area contributed by atoms with Crippen molar-refractivity contribution in [1.29, 1.82) is 0 Å². The third-order valence-electron chi connectivity index (χ3n) is 6.73. The van der Waals surface area contributed by atoms with Crippen LogP contribution in [0.15, 0.2) is 65.7 Å². The standard InChI is InChI=1S/C32H31ClN4O5/c1-4-21-6-10-26(11-7-21)35-31(39)27-18-24(33)19-28(41-3)29(27)36-30(38)22-8-12-25(13-9-22)34-20-37-16-14-23(15-17-37)32(40)42-5-2/h1,6-13,18-20,23H,5,14-17H2,2-3H3,(H,35,39)(H,36,38). The monoisotopic (exact) mass is 586 g/mol. The summed E-state index contributed by atoms with van der Waals surface area (Å²) >= 11 is 6.25. The topological polar surface area (TPSA) is 109 Å². The molecule has 9 nitrogen and oxygen atoms in total. The van der Waals surface area contributed by atoms with E-state index in [-0.39, 0.29) is 33.9 Å². The van der Waals surface area contributed by atoms with Gasteiger partial charge in [0, 0.05) is 41.0 Å². The third-order valence-corrected chi connectivity index (χ3v) is 6.95. The van der Waals surface area contributed by atoms with Gasteiger partial charge < -0.3 is 25.0 Å². The Morgan fingerprint density at radius 2 is 1.74 bits per heavy atom. The minimum absolute atomic E-state index is 0.0707. The predicted octanol–water partition coefficient (Wildman–Crippen LogP) is 5.77. The van der Waals surface area contributed by atoms with Crippen LogP contribution in [0.25, 0.3) is 0 Å². The van der Waals surface area contributed by atoms with Crippen LogP contribution in [-0.4, -0.2) is 55.8 Å². The van der Waals surface area contributed by atoms with E-state index in [9.17, 15) is 14.4 Å². The second-order valence-corrected chi connectivity index (χ2v) is 9.95. The number of likely N-dealkylation sites (tertiary alicyclic amines) is 1. The van der Waals surface area contributed by atoms with Crippen molar-refractivity contribution in [3.8, 4) is 18.1 Å². The van der Waals surface area contributed by atoms with Crippen molar-refractivity contribution < 1.29 is 23.9 Å². The van der Waals surface area contributed by atoms with Crippen LogP contribution in [0.4, 0.5) is 17.1 Å². The molecule has 1 fully saturated rings. The largest absolute Gasteiger partial charge is 0.494 e. The molecule has 0 saturated carbocycles. The van der Waals surface area contributed by atoms with Crippen molar-refractivity contribution in [2.24, 2.45) is 10.9 Å². The Morgan fingerprint density at radius 3 is 2.36 bits per heavy atom. The number of benzene rings is 3. The number of carbonyl (C=O) groups excluding carboxylic acids is 3. The van der Waals surface area contributed by atoms with E-state index in [1.807, 2.05) is 6.92 Å². The first-order valence-corrected chi connectivity index (χ1v) is 13.8. The number of ether oxygens (including phenoxy) is 2. The molecule has 1 heterocycles. The van der Waals surface area contributed by atoms with Crippen molar-refractivity contribution in [1.82, 2.24) is 4.90 Å². The molecule has 2 N–H and O–H groups in total. The number of nitrogens with one attached hydrogen (secondary N) is 2. The molecule has 4 rings (SSSR count). The van der Waals surface area contributed by atoms with Gasteiger partial charge in [-0.2, -0.15) is 0 Å². The average Bonchev–Trinajstić information content (AvgIpc) is 3.01. The second kappa shape index (κ2) is 14.2. The summed E-state index contributed by atoms with van der Waals surface area (Å²) in [5.74, 6) is 1.61. The SMILES string of the molecule is C#Cc1ccc(NC(=O)c2cc(Cl)cc(OC)c2NC(=O)c2ccc(N=CN3CCC(C(=O)OCC)CC3)cc2)cc1. The van der Waals surface area contributed by atoms with Gasteiger partial charge in [-0.15, -0.1) is 6.42 Å². The molecule has 1 saturated heterocycles. The molecular weight excluding hydrogens is 556 g/mol. The normalized spacial score (nSPS) is 13.3. The zero-order chi connectivity index (χ0) is 30.1. The van der Waals surface area contributed by atoms with Crippen LogP contribution in [0.5, 0.6) is 5.75 Å². The number of carbonyl (C=O) groups is 3. The number of amides is 2. The summed E-state index contributed by atoms with van der Waals surface area (Å²) in [7, 11) is 1.42. The summed E-state index contributed by atoms with van der Waals surface area (Å²) in [5.41, 5.74) is 2.53. The van der Waals surface area contributed by atoms with Gasteiger partial charge in [0.15, 0.2) is 0 Å². The van der Waals surface area contributed by atoms with E-state index in [1.54, 1.807) is 54.9 Å². The average molecular weight is 587 g/mol. The Labute approximate surface area is 249 Å². The Bertz CT molecular complexity index is 1510. The van der Waals surface area contributed by atoms with Crippen molar-refractivity contribution in [2.75, 3.05) is 37.4 Å². The number of piperidine rings is 1. The van der Waals surface area contributed by atoms with E-state index in [1.165, 1.54) is 19.2 Å². The van der Waals surface area contributed by atoms with E-state index in [4.69, 9.17) is 27.5 Å². The van der Waals surface area contributed by atoms with E-state index in [0.717, 1.165) is 12.8 Å². The lowest BCUT2D eigenvalue weighted by molar-refractivity contribution is -0.149. The summed E-state index contributed by atoms with van der Waals surface area (Å²) in [5, 5.41) is 5.85. The van der Waals surface area contributed by atoms with E-state index in [2.05, 4.69) is 26.4 Å². The minimum atomic E-state index is -0.490. The molecule has 1 aliphatic rings. The molecule has 0 atom stereocenters. The smallest absolute Gasteiger partial charge is 0.309 e. The Balaban J connectivity index is 1.43. The number of terminal acetylenes is 1. The molecule has 0 spiro atoms. The number of halogens is 1. The van der Waals surface area contributed by atoms with Gasteiger partial charge in [-0.1, -0.05) is 17.5 Å². The molecule has 216 valence electrons. The zero-order valence-electron chi connectivity index (χ0n) is 23.4. The van der Waals surface area contributed by atoms with Gasteiger partial charge >= 0.3 is 5.97 Å². The molecule has 0 bridgehead atoms. The molecule has 0 radical (unpaired) electrons. The highest BCUT2D eigenvalue weighted by Crippen LogP contribution is 2.33. The van der Waals surface area contributed by atoms with Crippen LogP contribution in [0.3, 0.4) is 0 Å². The quantitative estimate of drug-likeness (QED) is 0.143. The van der Waals surface area contributed by atoms with Gasteiger partial charge in [0.25, 0.3) is 11.8 Å². The summed E-state index contributed by atoms with van der Waals surface area (Å²) in [6.45, 7) is 3.62. The molecule has 10 heteroatoms. The Kier molecular flexibility index (Phi) is 10.2. The molecule has 0 aliphatic carbocycles. The number of rotatable bonds is 9. The van der Waals surface area contributed by atoms with Crippen LogP contribution in [0, 0.1) is 18.3 Å². The fourth-order valence-electron chi connectivity index (χ4n) is 4.44. The second-order valence-electron chi connectivity index (χ2n) is 9.51. The highest BCUT2D eigenvalue weighted by Gasteiger charge is 2.25. The van der Waals surface area contributed by atoms with Crippen LogP contribution >= 0.6 is 11.6 Å². The maximum atomic E-state index is 13.2. The Morgan fingerprint density at radius 1 is 1.05 bits per heavy atom. The summed E-state index contributed by atoms with van der Waals surface area (Å²) in [6.07, 6.45) is 8.59. The van der Waals surface area contributed by atoms with E-state index < -0.39 is 11.8 Å². The van der Waals surface area contributed by atoms with Gasteiger partial charge in [-0.3, -0.25) is 14.4 Å². The zero-order valence-corrected chi connectivity index (χ0v) is 24.1. The summed E-state index contributed by atoms with van der Waals surface area (Å²) in [4.78, 5) is 44.9. The fraction of sp³-hybridized carbons (Fsp3) is 0.250. The summed E-state index contributed by atoms with van der Waals surface area (Å²) < 4.78 is 10.5. The summed E-state index contributed by atoms with van der Waals surface area (Å²) in [6, 6.07) is 16.5. The number of hydrogen-bond donors (Lipinski definition) is 2. The maximum absolute atomic E-state index is 13.2. The van der Waals surface area contributed by atoms with Crippen LogP contribution in [0.1, 0.15) is 46.0 Å². The molecule has 0 aromatic heterocycles. The van der Waals surface area contributed by atoms with Crippen molar-refractivity contribution in [2.45, 2.75) is 19.8 Å². The number of esters is 1. The van der Waals surface area contributed by atoms with Gasteiger partial charge in [-0.25, -0.2) is 4.99 Å². The molecule has 0 unspecified atom stereocenters. The van der Waals surface area contributed by atoms with Crippen molar-refractivity contribution >= 4 is 52.8 Å². The first-order chi connectivity index (χ1) is 20.3. The molecular formula is C32H31ClN4O5. The number of methoxy groups -OCH3 is 1. The number of aliphatic imine (C=N–C) groups is 1. The third kappa shape index (κ3) is 7.68. The van der Waals surface area contributed by atoms with E-state index >= 15 is 0 Å². The molecule has 2 amide bonds. The van der Waals surface area contributed by atoms with Crippen molar-refractivity contribution in [3.05, 3.63) is 82.4 Å². The Hall–Kier alpha value is -4.81. The van der Waals surface area contributed by atoms with Crippen LogP contribution < -0.4 is 15.4 Å². The molecule has 3 aromatic carbocycles. The van der Waals surface area contributed by atoms with Gasteiger partial charge in [-0.05, 0) is 74.4 Å².